The topological polar surface area (TPSA) is 69.6 Å². The number of allylic oxidation sites excluding steroid dienone is 3. The molecule has 3 heterocycles. The van der Waals surface area contributed by atoms with Crippen molar-refractivity contribution in [1.82, 2.24) is 19.5 Å². The van der Waals surface area contributed by atoms with E-state index in [1.807, 2.05) is 78.1 Å². The largest absolute Gasteiger partial charge is 0.404 e. The monoisotopic (exact) mass is 813 g/mol. The molecule has 8 aromatic carbocycles. The highest BCUT2D eigenvalue weighted by Gasteiger charge is 2.22. The zero-order valence-corrected chi connectivity index (χ0v) is 34.5. The van der Waals surface area contributed by atoms with E-state index < -0.39 is 0 Å². The lowest BCUT2D eigenvalue weighted by Crippen LogP contribution is -2.05. The Hall–Kier alpha value is -7.93. The van der Waals surface area contributed by atoms with Crippen LogP contribution in [0, 0.1) is 0 Å². The Morgan fingerprint density at radius 3 is 1.79 bits per heavy atom. The number of hydrogen-bond acceptors (Lipinski definition) is 5. The van der Waals surface area contributed by atoms with E-state index in [2.05, 4.69) is 144 Å². The molecule has 6 heteroatoms. The Labute approximate surface area is 363 Å². The van der Waals surface area contributed by atoms with Gasteiger partial charge in [0.2, 0.25) is 0 Å². The van der Waals surface area contributed by atoms with Crippen LogP contribution in [0.15, 0.2) is 212 Å². The van der Waals surface area contributed by atoms with E-state index in [0.29, 0.717) is 23.9 Å². The molecule has 0 saturated carbocycles. The molecule has 294 valence electrons. The number of para-hydroxylation sites is 2. The van der Waals surface area contributed by atoms with Crippen LogP contribution in [-0.4, -0.2) is 19.5 Å². The van der Waals surface area contributed by atoms with Crippen LogP contribution in [0.25, 0.3) is 92.7 Å². The van der Waals surface area contributed by atoms with Crippen molar-refractivity contribution in [3.05, 3.63) is 229 Å². The molecule has 0 spiro atoms. The molecule has 2 N–H and O–H groups in total. The summed E-state index contributed by atoms with van der Waals surface area (Å²) in [7, 11) is 0. The zero-order chi connectivity index (χ0) is 41.4. The van der Waals surface area contributed by atoms with Crippen molar-refractivity contribution in [3.63, 3.8) is 0 Å². The van der Waals surface area contributed by atoms with Crippen molar-refractivity contribution < 1.29 is 0 Å². The van der Waals surface area contributed by atoms with Crippen LogP contribution >= 0.6 is 11.3 Å². The number of nitrogens with two attached hydrogens (primary N) is 1. The number of rotatable bonds is 9. The average Bonchev–Trinajstić information content (AvgIpc) is 3.90. The first kappa shape index (κ1) is 37.1. The Morgan fingerprint density at radius 1 is 0.500 bits per heavy atom. The van der Waals surface area contributed by atoms with Crippen LogP contribution in [0.3, 0.4) is 0 Å². The number of thiophene rings is 1. The van der Waals surface area contributed by atoms with Crippen LogP contribution in [0.5, 0.6) is 0 Å². The highest BCUT2D eigenvalue weighted by Crippen LogP contribution is 2.45. The molecular weight excluding hydrogens is 775 g/mol. The first-order valence-electron chi connectivity index (χ1n) is 20.8. The van der Waals surface area contributed by atoms with E-state index >= 15 is 0 Å². The molecule has 0 saturated heterocycles. The zero-order valence-electron chi connectivity index (χ0n) is 33.7. The van der Waals surface area contributed by atoms with Crippen molar-refractivity contribution in [1.29, 1.82) is 0 Å². The van der Waals surface area contributed by atoms with Gasteiger partial charge in [0.1, 0.15) is 0 Å². The minimum Gasteiger partial charge on any atom is -0.404 e. The van der Waals surface area contributed by atoms with Crippen molar-refractivity contribution in [2.75, 3.05) is 0 Å². The molecule has 0 aliphatic carbocycles. The summed E-state index contributed by atoms with van der Waals surface area (Å²) in [6.07, 6.45) is 4.43. The van der Waals surface area contributed by atoms with Gasteiger partial charge < -0.3 is 10.3 Å². The van der Waals surface area contributed by atoms with Gasteiger partial charge in [-0.25, -0.2) is 15.0 Å². The molecule has 0 bridgehead atoms. The van der Waals surface area contributed by atoms with Gasteiger partial charge in [0.15, 0.2) is 17.5 Å². The fraction of sp³-hybridized carbons (Fsp3) is 0.0179. The fourth-order valence-corrected chi connectivity index (χ4v) is 9.96. The maximum atomic E-state index is 6.67. The van der Waals surface area contributed by atoms with Gasteiger partial charge in [0.05, 0.1) is 11.0 Å². The predicted octanol–water partition coefficient (Wildman–Crippen LogP) is 14.0. The summed E-state index contributed by atoms with van der Waals surface area (Å²) in [5.41, 5.74) is 18.2. The molecule has 0 radical (unpaired) electrons. The normalized spacial score (nSPS) is 12.2. The van der Waals surface area contributed by atoms with Crippen LogP contribution in [0.4, 0.5) is 0 Å². The number of fused-ring (bicyclic) bond motifs is 7. The second-order valence-electron chi connectivity index (χ2n) is 15.3. The van der Waals surface area contributed by atoms with E-state index in [-0.39, 0.29) is 0 Å². The summed E-state index contributed by atoms with van der Waals surface area (Å²) in [6.45, 7) is 0. The third-order valence-corrected chi connectivity index (χ3v) is 12.7. The van der Waals surface area contributed by atoms with Crippen LogP contribution in [-0.2, 0) is 6.42 Å². The third-order valence-electron chi connectivity index (χ3n) is 11.6. The van der Waals surface area contributed by atoms with Crippen molar-refractivity contribution in [2.45, 2.75) is 6.42 Å². The molecule has 62 heavy (non-hydrogen) atoms. The van der Waals surface area contributed by atoms with E-state index in [1.165, 1.54) is 47.5 Å². The lowest BCUT2D eigenvalue weighted by Gasteiger charge is -2.15. The maximum Gasteiger partial charge on any atom is 0.164 e. The lowest BCUT2D eigenvalue weighted by atomic mass is 9.91. The number of aromatic nitrogens is 4. The molecule has 0 aliphatic heterocycles. The Kier molecular flexibility index (Phi) is 9.53. The highest BCUT2D eigenvalue weighted by molar-refractivity contribution is 7.26. The Balaban J connectivity index is 1.17. The van der Waals surface area contributed by atoms with Gasteiger partial charge in [-0.05, 0) is 70.3 Å². The summed E-state index contributed by atoms with van der Waals surface area (Å²) in [5.74, 6) is 1.81. The Bertz CT molecular complexity index is 3420. The molecular formula is C56H39N5S. The van der Waals surface area contributed by atoms with Gasteiger partial charge in [0, 0.05) is 66.0 Å². The molecule has 11 rings (SSSR count). The van der Waals surface area contributed by atoms with Gasteiger partial charge in [-0.2, -0.15) is 0 Å². The first-order chi connectivity index (χ1) is 30.7. The molecule has 0 aliphatic rings. The number of benzene rings is 8. The molecule has 11 aromatic rings. The quantitative estimate of drug-likeness (QED) is 0.147. The molecule has 5 nitrogen and oxygen atoms in total. The van der Waals surface area contributed by atoms with Crippen LogP contribution in [0.1, 0.15) is 17.0 Å². The highest BCUT2D eigenvalue weighted by atomic mass is 32.1. The summed E-state index contributed by atoms with van der Waals surface area (Å²) >= 11 is 1.84. The fourth-order valence-electron chi connectivity index (χ4n) is 8.80. The smallest absolute Gasteiger partial charge is 0.164 e. The summed E-state index contributed by atoms with van der Waals surface area (Å²) in [6, 6.07) is 69.9. The third kappa shape index (κ3) is 6.63. The number of nitrogens with zero attached hydrogens (tertiary/aromatic N) is 4. The van der Waals surface area contributed by atoms with Gasteiger partial charge in [0.25, 0.3) is 0 Å². The minimum absolute atomic E-state index is 0.536. The molecule has 3 aromatic heterocycles. The van der Waals surface area contributed by atoms with Gasteiger partial charge in [-0.15, -0.1) is 11.3 Å². The van der Waals surface area contributed by atoms with Crippen LogP contribution in [0.2, 0.25) is 0 Å². The summed E-state index contributed by atoms with van der Waals surface area (Å²) < 4.78 is 4.87. The second-order valence-corrected chi connectivity index (χ2v) is 16.4. The van der Waals surface area contributed by atoms with E-state index in [0.717, 1.165) is 44.7 Å². The molecule has 0 unspecified atom stereocenters. The van der Waals surface area contributed by atoms with E-state index in [9.17, 15) is 0 Å². The van der Waals surface area contributed by atoms with Gasteiger partial charge in [-0.3, -0.25) is 0 Å². The lowest BCUT2D eigenvalue weighted by molar-refractivity contribution is 1.02. The minimum atomic E-state index is 0.536. The SMILES string of the molecule is N/C=C(\C=C(/Cc1cccc2sc3ccc4c(c5ccccc5n4-c4ccccc4)c3c12)c1nc(-c2ccccc2)nc(-c2ccccc2)n1)c1ccccc1-c1ccccc1. The first-order valence-corrected chi connectivity index (χ1v) is 21.6. The Morgan fingerprint density at radius 2 is 1.10 bits per heavy atom. The second kappa shape index (κ2) is 15.9. The summed E-state index contributed by atoms with van der Waals surface area (Å²) in [4.78, 5) is 15.6. The van der Waals surface area contributed by atoms with Gasteiger partial charge in [-0.1, -0.05) is 164 Å². The standard InChI is InChI=1S/C56H39N5S/c57-36-42(45-28-14-13-27-44(45)37-18-5-1-6-19-37)35-41(56-59-54(38-20-7-2-8-21-38)58-55(60-56)39-22-9-3-10-23-39)34-40-24-17-31-49-51(40)53-50(62-49)33-32-48-52(53)46-29-15-16-30-47(46)61(48)43-25-11-4-12-26-43/h1-33,35-36H,34,57H2/b41-35+,42-36+. The average molecular weight is 814 g/mol. The van der Waals surface area contributed by atoms with E-state index in [4.69, 9.17) is 20.7 Å². The summed E-state index contributed by atoms with van der Waals surface area (Å²) in [5, 5.41) is 4.98. The maximum absolute atomic E-state index is 6.67. The predicted molar refractivity (Wildman–Crippen MR) is 260 cm³/mol. The van der Waals surface area contributed by atoms with Crippen molar-refractivity contribution in [2.24, 2.45) is 5.73 Å². The van der Waals surface area contributed by atoms with Crippen LogP contribution < -0.4 is 5.73 Å². The van der Waals surface area contributed by atoms with Gasteiger partial charge >= 0.3 is 0 Å². The molecule has 0 fully saturated rings. The number of hydrogen-bond donors (Lipinski definition) is 1. The molecule has 0 atom stereocenters. The van der Waals surface area contributed by atoms with Crippen molar-refractivity contribution in [3.8, 4) is 39.6 Å². The van der Waals surface area contributed by atoms with E-state index in [1.54, 1.807) is 6.20 Å². The molecule has 0 amide bonds. The van der Waals surface area contributed by atoms with Crippen molar-refractivity contribution >= 4 is 64.5 Å².